The van der Waals surface area contributed by atoms with Crippen LogP contribution < -0.4 is 5.32 Å². The molecule has 1 saturated heterocycles. The van der Waals surface area contributed by atoms with Gasteiger partial charge in [-0.1, -0.05) is 12.1 Å². The van der Waals surface area contributed by atoms with E-state index in [4.69, 9.17) is 0 Å². The minimum absolute atomic E-state index is 0.0138. The maximum Gasteiger partial charge on any atom is 0.282 e. The summed E-state index contributed by atoms with van der Waals surface area (Å²) in [5.74, 6) is -0.611. The second-order valence-corrected chi connectivity index (χ2v) is 6.40. The fourth-order valence-corrected chi connectivity index (χ4v) is 2.91. The summed E-state index contributed by atoms with van der Waals surface area (Å²) in [5.41, 5.74) is 0.744. The van der Waals surface area contributed by atoms with Gasteiger partial charge in [0.05, 0.1) is 4.92 Å². The molecule has 1 aliphatic heterocycles. The van der Waals surface area contributed by atoms with Gasteiger partial charge in [0.2, 0.25) is 0 Å². The van der Waals surface area contributed by atoms with E-state index in [0.717, 1.165) is 13.1 Å². The average molecular weight is 368 g/mol. The van der Waals surface area contributed by atoms with Crippen LogP contribution in [0.25, 0.3) is 0 Å². The maximum absolute atomic E-state index is 12.5. The lowest BCUT2D eigenvalue weighted by Crippen LogP contribution is -2.47. The number of hydrogen-bond acceptors (Lipinski definition) is 5. The minimum Gasteiger partial charge on any atom is -0.336 e. The number of nitro benzene ring substituents is 1. The number of hydrogen-bond donors (Lipinski definition) is 1. The number of rotatable bonds is 4. The molecule has 0 unspecified atom stereocenters. The molecule has 1 heterocycles. The molecule has 0 radical (unpaired) electrons. The van der Waals surface area contributed by atoms with Crippen molar-refractivity contribution in [3.63, 3.8) is 0 Å². The van der Waals surface area contributed by atoms with Crippen LogP contribution in [0.2, 0.25) is 0 Å². The van der Waals surface area contributed by atoms with Crippen LogP contribution in [-0.2, 0) is 0 Å². The molecule has 3 rings (SSSR count). The number of amides is 2. The molecule has 0 spiro atoms. The van der Waals surface area contributed by atoms with Crippen molar-refractivity contribution in [1.29, 1.82) is 0 Å². The molecule has 140 valence electrons. The highest BCUT2D eigenvalue weighted by Gasteiger charge is 2.21. The summed E-state index contributed by atoms with van der Waals surface area (Å²) in [5, 5.41) is 13.7. The third-order valence-corrected chi connectivity index (χ3v) is 4.53. The topological polar surface area (TPSA) is 95.8 Å². The van der Waals surface area contributed by atoms with Crippen LogP contribution in [0.1, 0.15) is 20.7 Å². The van der Waals surface area contributed by atoms with Crippen LogP contribution >= 0.6 is 0 Å². The SMILES string of the molecule is CN1CCN(C(=O)c2ccc(NC(=O)c3ccccc3[N+](=O)[O-])cc2)CC1. The van der Waals surface area contributed by atoms with Gasteiger partial charge in [-0.15, -0.1) is 0 Å². The Morgan fingerprint density at radius 2 is 1.63 bits per heavy atom. The third kappa shape index (κ3) is 4.29. The van der Waals surface area contributed by atoms with Crippen molar-refractivity contribution in [3.05, 3.63) is 69.8 Å². The van der Waals surface area contributed by atoms with E-state index in [-0.39, 0.29) is 17.2 Å². The first-order chi connectivity index (χ1) is 13.0. The van der Waals surface area contributed by atoms with Crippen molar-refractivity contribution in [1.82, 2.24) is 9.80 Å². The zero-order valence-electron chi connectivity index (χ0n) is 14.9. The third-order valence-electron chi connectivity index (χ3n) is 4.53. The Hall–Kier alpha value is -3.26. The molecule has 27 heavy (non-hydrogen) atoms. The van der Waals surface area contributed by atoms with Gasteiger partial charge >= 0.3 is 0 Å². The number of nitrogens with one attached hydrogen (secondary N) is 1. The highest BCUT2D eigenvalue weighted by Crippen LogP contribution is 2.20. The number of nitrogens with zero attached hydrogens (tertiary/aromatic N) is 3. The molecular weight excluding hydrogens is 348 g/mol. The van der Waals surface area contributed by atoms with Crippen LogP contribution in [0.5, 0.6) is 0 Å². The molecule has 8 heteroatoms. The molecule has 2 aromatic carbocycles. The smallest absolute Gasteiger partial charge is 0.282 e. The van der Waals surface area contributed by atoms with E-state index >= 15 is 0 Å². The monoisotopic (exact) mass is 368 g/mol. The van der Waals surface area contributed by atoms with Gasteiger partial charge in [-0.25, -0.2) is 0 Å². The van der Waals surface area contributed by atoms with E-state index in [1.165, 1.54) is 18.2 Å². The normalized spacial score (nSPS) is 14.6. The molecule has 2 amide bonds. The summed E-state index contributed by atoms with van der Waals surface area (Å²) in [6, 6.07) is 12.3. The molecular formula is C19H20N4O4. The highest BCUT2D eigenvalue weighted by molar-refractivity contribution is 6.07. The Balaban J connectivity index is 1.68. The van der Waals surface area contributed by atoms with Gasteiger partial charge in [0.25, 0.3) is 17.5 Å². The number of anilines is 1. The predicted octanol–water partition coefficient (Wildman–Crippen LogP) is 2.23. The molecule has 1 N–H and O–H groups in total. The number of nitro groups is 1. The summed E-state index contributed by atoms with van der Waals surface area (Å²) in [7, 11) is 2.02. The van der Waals surface area contributed by atoms with Crippen molar-refractivity contribution in [2.24, 2.45) is 0 Å². The van der Waals surface area contributed by atoms with Crippen molar-refractivity contribution >= 4 is 23.2 Å². The largest absolute Gasteiger partial charge is 0.336 e. The predicted molar refractivity (Wildman–Crippen MR) is 101 cm³/mol. The number of benzene rings is 2. The van der Waals surface area contributed by atoms with Crippen LogP contribution in [0.4, 0.5) is 11.4 Å². The fourth-order valence-electron chi connectivity index (χ4n) is 2.91. The number of likely N-dealkylation sites (N-methyl/N-ethyl adjacent to an activating group) is 1. The van der Waals surface area contributed by atoms with Gasteiger partial charge in [-0.2, -0.15) is 0 Å². The van der Waals surface area contributed by atoms with E-state index in [1.807, 2.05) is 7.05 Å². The lowest BCUT2D eigenvalue weighted by atomic mass is 10.1. The molecule has 1 aliphatic rings. The maximum atomic E-state index is 12.5. The summed E-state index contributed by atoms with van der Waals surface area (Å²) >= 11 is 0. The Morgan fingerprint density at radius 3 is 2.26 bits per heavy atom. The van der Waals surface area contributed by atoms with Crippen LogP contribution in [0.3, 0.4) is 0 Å². The Bertz CT molecular complexity index is 858. The van der Waals surface area contributed by atoms with Gasteiger partial charge in [0.15, 0.2) is 0 Å². The van der Waals surface area contributed by atoms with Gasteiger partial charge < -0.3 is 15.1 Å². The van der Waals surface area contributed by atoms with Gasteiger partial charge in [-0.3, -0.25) is 19.7 Å². The van der Waals surface area contributed by atoms with Gasteiger partial charge in [0, 0.05) is 43.5 Å². The first kappa shape index (κ1) is 18.5. The highest BCUT2D eigenvalue weighted by atomic mass is 16.6. The van der Waals surface area contributed by atoms with Crippen molar-refractivity contribution in [3.8, 4) is 0 Å². The van der Waals surface area contributed by atoms with Crippen molar-refractivity contribution in [2.75, 3.05) is 38.5 Å². The summed E-state index contributed by atoms with van der Waals surface area (Å²) in [6.07, 6.45) is 0. The second-order valence-electron chi connectivity index (χ2n) is 6.40. The zero-order valence-corrected chi connectivity index (χ0v) is 14.9. The lowest BCUT2D eigenvalue weighted by molar-refractivity contribution is -0.385. The number of carbonyl (C=O) groups is 2. The van der Waals surface area contributed by atoms with Crippen molar-refractivity contribution in [2.45, 2.75) is 0 Å². The van der Waals surface area contributed by atoms with E-state index in [9.17, 15) is 19.7 Å². The molecule has 0 bridgehead atoms. The standard InChI is InChI=1S/C19H20N4O4/c1-21-10-12-22(13-11-21)19(25)14-6-8-15(9-7-14)20-18(24)16-4-2-3-5-17(16)23(26)27/h2-9H,10-13H2,1H3,(H,20,24). The molecule has 0 saturated carbocycles. The minimum atomic E-state index is -0.591. The van der Waals surface area contributed by atoms with Gasteiger partial charge in [0.1, 0.15) is 5.56 Å². The first-order valence-corrected chi connectivity index (χ1v) is 8.58. The molecule has 1 fully saturated rings. The molecule has 2 aromatic rings. The lowest BCUT2D eigenvalue weighted by Gasteiger charge is -2.32. The Labute approximate surface area is 156 Å². The van der Waals surface area contributed by atoms with Crippen LogP contribution in [-0.4, -0.2) is 59.8 Å². The first-order valence-electron chi connectivity index (χ1n) is 8.58. The Morgan fingerprint density at radius 1 is 1.00 bits per heavy atom. The van der Waals surface area contributed by atoms with E-state index < -0.39 is 10.8 Å². The molecule has 0 aromatic heterocycles. The number of para-hydroxylation sites is 1. The quantitative estimate of drug-likeness (QED) is 0.659. The summed E-state index contributed by atoms with van der Waals surface area (Å²) < 4.78 is 0. The summed E-state index contributed by atoms with van der Waals surface area (Å²) in [4.78, 5) is 39.3. The zero-order chi connectivity index (χ0) is 19.4. The molecule has 0 aliphatic carbocycles. The van der Waals surface area contributed by atoms with Gasteiger partial charge in [-0.05, 0) is 37.4 Å². The molecule has 8 nitrogen and oxygen atoms in total. The summed E-state index contributed by atoms with van der Waals surface area (Å²) in [6.45, 7) is 3.06. The average Bonchev–Trinajstić information content (AvgIpc) is 2.68. The van der Waals surface area contributed by atoms with Crippen molar-refractivity contribution < 1.29 is 14.5 Å². The van der Waals surface area contributed by atoms with Crippen LogP contribution in [0, 0.1) is 10.1 Å². The molecule has 0 atom stereocenters. The second kappa shape index (κ2) is 7.96. The van der Waals surface area contributed by atoms with E-state index in [0.29, 0.717) is 24.3 Å². The fraction of sp³-hybridized carbons (Fsp3) is 0.263. The number of carbonyl (C=O) groups excluding carboxylic acids is 2. The van der Waals surface area contributed by atoms with E-state index in [1.54, 1.807) is 35.2 Å². The van der Waals surface area contributed by atoms with Crippen LogP contribution in [0.15, 0.2) is 48.5 Å². The Kier molecular flexibility index (Phi) is 5.46. The van der Waals surface area contributed by atoms with E-state index in [2.05, 4.69) is 10.2 Å². The number of piperazine rings is 1.